The van der Waals surface area contributed by atoms with Gasteiger partial charge in [-0.1, -0.05) is 12.1 Å². The molecule has 1 fully saturated rings. The average molecular weight is 345 g/mol. The molecule has 25 heavy (non-hydrogen) atoms. The monoisotopic (exact) mass is 345 g/mol. The van der Waals surface area contributed by atoms with Gasteiger partial charge in [0.1, 0.15) is 0 Å². The van der Waals surface area contributed by atoms with Crippen LogP contribution in [0.15, 0.2) is 29.3 Å². The minimum atomic E-state index is 0.0484. The number of carbonyl (C=O) groups is 1. The average Bonchev–Trinajstić information content (AvgIpc) is 3.05. The molecule has 1 amide bonds. The van der Waals surface area contributed by atoms with E-state index in [9.17, 15) is 4.79 Å². The molecule has 1 saturated heterocycles. The Morgan fingerprint density at radius 2 is 2.24 bits per heavy atom. The molecular weight excluding hydrogens is 318 g/mol. The highest BCUT2D eigenvalue weighted by molar-refractivity contribution is 5.90. The minimum absolute atomic E-state index is 0.0484. The normalized spacial score (nSPS) is 20.7. The third-order valence-electron chi connectivity index (χ3n) is 4.34. The van der Waals surface area contributed by atoms with Gasteiger partial charge in [-0.05, 0) is 24.6 Å². The molecule has 1 aromatic carbocycles. The maximum Gasteiger partial charge on any atom is 0.225 e. The first-order valence-electron chi connectivity index (χ1n) is 8.93. The Morgan fingerprint density at radius 3 is 3.00 bits per heavy atom. The van der Waals surface area contributed by atoms with Crippen LogP contribution in [0.25, 0.3) is 0 Å². The van der Waals surface area contributed by atoms with E-state index in [1.54, 1.807) is 0 Å². The Kier molecular flexibility index (Phi) is 6.25. The molecule has 0 aliphatic carbocycles. The molecule has 0 aromatic heterocycles. The van der Waals surface area contributed by atoms with E-state index in [0.29, 0.717) is 19.0 Å². The molecule has 7 nitrogen and oxygen atoms in total. The summed E-state index contributed by atoms with van der Waals surface area (Å²) in [6, 6.07) is 8.30. The van der Waals surface area contributed by atoms with Crippen molar-refractivity contribution in [1.82, 2.24) is 15.5 Å². The van der Waals surface area contributed by atoms with Gasteiger partial charge in [-0.2, -0.15) is 0 Å². The van der Waals surface area contributed by atoms with Crippen LogP contribution in [0.3, 0.4) is 0 Å². The number of aliphatic imine (C=N–C) groups is 1. The lowest BCUT2D eigenvalue weighted by Crippen LogP contribution is -2.38. The van der Waals surface area contributed by atoms with E-state index in [2.05, 4.69) is 32.8 Å². The second kappa shape index (κ2) is 8.82. The Morgan fingerprint density at radius 1 is 1.40 bits per heavy atom. The molecule has 2 aliphatic rings. The van der Waals surface area contributed by atoms with Crippen molar-refractivity contribution in [3.63, 3.8) is 0 Å². The molecule has 3 N–H and O–H groups in total. The number of amides is 1. The van der Waals surface area contributed by atoms with Crippen LogP contribution in [0.1, 0.15) is 18.9 Å². The second-order valence-corrected chi connectivity index (χ2v) is 6.54. The quantitative estimate of drug-likeness (QED) is 0.710. The summed E-state index contributed by atoms with van der Waals surface area (Å²) in [7, 11) is 0. The number of rotatable bonds is 6. The summed E-state index contributed by atoms with van der Waals surface area (Å²) in [5, 5.41) is 9.55. The molecule has 2 aliphatic heterocycles. The molecule has 1 atom stereocenters. The second-order valence-electron chi connectivity index (χ2n) is 6.54. The number of carbonyl (C=O) groups excluding carboxylic acids is 1. The van der Waals surface area contributed by atoms with Crippen molar-refractivity contribution in [2.45, 2.75) is 25.9 Å². The van der Waals surface area contributed by atoms with Crippen molar-refractivity contribution < 1.29 is 9.53 Å². The van der Waals surface area contributed by atoms with Gasteiger partial charge < -0.3 is 20.7 Å². The van der Waals surface area contributed by atoms with Crippen LogP contribution in [-0.4, -0.2) is 62.2 Å². The van der Waals surface area contributed by atoms with Crippen LogP contribution in [0.5, 0.6) is 0 Å². The molecule has 1 aromatic rings. The lowest BCUT2D eigenvalue weighted by atomic mass is 10.2. The molecule has 2 heterocycles. The van der Waals surface area contributed by atoms with Gasteiger partial charge in [-0.15, -0.1) is 0 Å². The molecule has 7 heteroatoms. The molecule has 136 valence electrons. The standard InChI is InChI=1S/C18H27N5O2/c1-14-12-19-18(21-14)20-13-15-3-2-4-16(11-15)22-17(24)5-6-23-7-9-25-10-8-23/h2-4,11,14H,5-10,12-13H2,1H3,(H,22,24)(H2,19,20,21). The van der Waals surface area contributed by atoms with Crippen LogP contribution in [0.4, 0.5) is 5.69 Å². The SMILES string of the molecule is CC1CN=C(NCc2cccc(NC(=O)CCN3CCOCC3)c2)N1. The Hall–Kier alpha value is -2.12. The number of guanidine groups is 1. The Labute approximate surface area is 148 Å². The Balaban J connectivity index is 1.43. The topological polar surface area (TPSA) is 78.0 Å². The molecule has 0 radical (unpaired) electrons. The highest BCUT2D eigenvalue weighted by Gasteiger charge is 2.13. The summed E-state index contributed by atoms with van der Waals surface area (Å²) in [5.74, 6) is 0.889. The van der Waals surface area contributed by atoms with Gasteiger partial charge in [-0.25, -0.2) is 0 Å². The van der Waals surface area contributed by atoms with Crippen molar-refractivity contribution in [1.29, 1.82) is 0 Å². The number of hydrogen-bond acceptors (Lipinski definition) is 6. The summed E-state index contributed by atoms with van der Waals surface area (Å²) in [5.41, 5.74) is 1.94. The maximum atomic E-state index is 12.2. The number of ether oxygens (including phenoxy) is 1. The maximum absolute atomic E-state index is 12.2. The van der Waals surface area contributed by atoms with Gasteiger partial charge >= 0.3 is 0 Å². The lowest BCUT2D eigenvalue weighted by Gasteiger charge is -2.26. The van der Waals surface area contributed by atoms with Gasteiger partial charge in [0.25, 0.3) is 0 Å². The highest BCUT2D eigenvalue weighted by atomic mass is 16.5. The highest BCUT2D eigenvalue weighted by Crippen LogP contribution is 2.11. The number of nitrogens with zero attached hydrogens (tertiary/aromatic N) is 2. The first-order chi connectivity index (χ1) is 12.2. The van der Waals surface area contributed by atoms with E-state index in [4.69, 9.17) is 4.74 Å². The predicted molar refractivity (Wildman–Crippen MR) is 98.7 cm³/mol. The fourth-order valence-corrected chi connectivity index (χ4v) is 2.91. The fraction of sp³-hybridized carbons (Fsp3) is 0.556. The van der Waals surface area contributed by atoms with Gasteiger partial charge in [0.05, 0.1) is 19.8 Å². The number of benzene rings is 1. The number of morpholine rings is 1. The zero-order valence-corrected chi connectivity index (χ0v) is 14.8. The molecule has 0 bridgehead atoms. The van der Waals surface area contributed by atoms with Crippen LogP contribution >= 0.6 is 0 Å². The molecule has 3 rings (SSSR count). The van der Waals surface area contributed by atoms with E-state index < -0.39 is 0 Å². The lowest BCUT2D eigenvalue weighted by molar-refractivity contribution is -0.116. The van der Waals surface area contributed by atoms with Crippen LogP contribution in [0, 0.1) is 0 Å². The number of anilines is 1. The van der Waals surface area contributed by atoms with E-state index in [1.807, 2.05) is 24.3 Å². The van der Waals surface area contributed by atoms with Crippen molar-refractivity contribution in [3.05, 3.63) is 29.8 Å². The Bertz CT molecular complexity index is 613. The molecule has 0 spiro atoms. The van der Waals surface area contributed by atoms with Crippen LogP contribution in [-0.2, 0) is 16.1 Å². The summed E-state index contributed by atoms with van der Waals surface area (Å²) < 4.78 is 5.32. The third-order valence-corrected chi connectivity index (χ3v) is 4.34. The molecule has 0 saturated carbocycles. The number of hydrogen-bond donors (Lipinski definition) is 3. The van der Waals surface area contributed by atoms with Crippen molar-refractivity contribution >= 4 is 17.6 Å². The molecular formula is C18H27N5O2. The first-order valence-corrected chi connectivity index (χ1v) is 8.93. The van der Waals surface area contributed by atoms with E-state index in [-0.39, 0.29) is 5.91 Å². The number of nitrogens with one attached hydrogen (secondary N) is 3. The summed E-state index contributed by atoms with van der Waals surface area (Å²) in [6.07, 6.45) is 0.501. The largest absolute Gasteiger partial charge is 0.379 e. The summed E-state index contributed by atoms with van der Waals surface area (Å²) in [4.78, 5) is 18.8. The summed E-state index contributed by atoms with van der Waals surface area (Å²) in [6.45, 7) is 7.70. The van der Waals surface area contributed by atoms with Crippen LogP contribution in [0.2, 0.25) is 0 Å². The summed E-state index contributed by atoms with van der Waals surface area (Å²) >= 11 is 0. The van der Waals surface area contributed by atoms with E-state index in [1.165, 1.54) is 0 Å². The van der Waals surface area contributed by atoms with Gasteiger partial charge in [0.15, 0.2) is 5.96 Å². The van der Waals surface area contributed by atoms with Gasteiger partial charge in [0.2, 0.25) is 5.91 Å². The zero-order chi connectivity index (χ0) is 17.5. The van der Waals surface area contributed by atoms with E-state index in [0.717, 1.165) is 56.6 Å². The van der Waals surface area contributed by atoms with E-state index >= 15 is 0 Å². The van der Waals surface area contributed by atoms with Gasteiger partial charge in [0, 0.05) is 44.3 Å². The van der Waals surface area contributed by atoms with Crippen molar-refractivity contribution in [2.24, 2.45) is 4.99 Å². The zero-order valence-electron chi connectivity index (χ0n) is 14.8. The van der Waals surface area contributed by atoms with Crippen molar-refractivity contribution in [3.8, 4) is 0 Å². The van der Waals surface area contributed by atoms with Crippen molar-refractivity contribution in [2.75, 3.05) is 44.7 Å². The molecule has 1 unspecified atom stereocenters. The van der Waals surface area contributed by atoms with Crippen LogP contribution < -0.4 is 16.0 Å². The first kappa shape index (κ1) is 17.7. The predicted octanol–water partition coefficient (Wildman–Crippen LogP) is 0.785. The fourth-order valence-electron chi connectivity index (χ4n) is 2.91. The smallest absolute Gasteiger partial charge is 0.225 e. The van der Waals surface area contributed by atoms with Gasteiger partial charge in [-0.3, -0.25) is 14.7 Å². The third kappa shape index (κ3) is 5.72. The minimum Gasteiger partial charge on any atom is -0.379 e.